The molecule has 0 amide bonds. The van der Waals surface area contributed by atoms with Crippen molar-refractivity contribution in [2.75, 3.05) is 30.0 Å². The second-order valence-electron chi connectivity index (χ2n) is 6.23. The molecule has 1 aromatic carbocycles. The van der Waals surface area contributed by atoms with Crippen LogP contribution in [-0.2, 0) is 10.0 Å². The summed E-state index contributed by atoms with van der Waals surface area (Å²) in [6, 6.07) is 5.80. The highest BCUT2D eigenvalue weighted by Crippen LogP contribution is 2.22. The molecular formula is C15H21ClN6O2S. The molecule has 2 heterocycles. The van der Waals surface area contributed by atoms with Gasteiger partial charge in [0.25, 0.3) is 0 Å². The summed E-state index contributed by atoms with van der Waals surface area (Å²) >= 11 is 6.05. The summed E-state index contributed by atoms with van der Waals surface area (Å²) in [7, 11) is -3.11. The molecule has 0 spiro atoms. The van der Waals surface area contributed by atoms with Gasteiger partial charge >= 0.3 is 0 Å². The number of aromatic nitrogens is 3. The minimum Gasteiger partial charge on any atom is -0.350 e. The summed E-state index contributed by atoms with van der Waals surface area (Å²) in [6.07, 6.45) is 2.68. The van der Waals surface area contributed by atoms with Gasteiger partial charge in [0.15, 0.2) is 0 Å². The van der Waals surface area contributed by atoms with Crippen molar-refractivity contribution < 1.29 is 8.42 Å². The lowest BCUT2D eigenvalue weighted by Gasteiger charge is -2.30. The third-order valence-corrected chi connectivity index (χ3v) is 5.57. The second-order valence-corrected chi connectivity index (χ2v) is 8.65. The van der Waals surface area contributed by atoms with Crippen molar-refractivity contribution in [3.63, 3.8) is 0 Å². The van der Waals surface area contributed by atoms with Crippen LogP contribution in [0.1, 0.15) is 18.4 Å². The molecule has 1 fully saturated rings. The topological polar surface area (TPSA) is 103 Å². The van der Waals surface area contributed by atoms with Crippen molar-refractivity contribution in [1.82, 2.24) is 19.5 Å². The maximum absolute atomic E-state index is 11.5. The van der Waals surface area contributed by atoms with E-state index in [-0.39, 0.29) is 6.04 Å². The Kier molecular flexibility index (Phi) is 5.16. The average Bonchev–Trinajstić information content (AvgIpc) is 2.93. The van der Waals surface area contributed by atoms with Gasteiger partial charge in [0, 0.05) is 29.8 Å². The van der Waals surface area contributed by atoms with Crippen LogP contribution in [0.4, 0.5) is 17.6 Å². The Balaban J connectivity index is 1.57. The number of hydrogen-bond donors (Lipinski definition) is 3. The first-order valence-electron chi connectivity index (χ1n) is 7.98. The van der Waals surface area contributed by atoms with Gasteiger partial charge in [0.2, 0.25) is 21.9 Å². The van der Waals surface area contributed by atoms with Gasteiger partial charge in [-0.25, -0.2) is 17.8 Å². The third kappa shape index (κ3) is 4.83. The first kappa shape index (κ1) is 18.0. The van der Waals surface area contributed by atoms with Gasteiger partial charge in [-0.05, 0) is 43.5 Å². The second kappa shape index (κ2) is 7.19. The van der Waals surface area contributed by atoms with Crippen LogP contribution in [0.5, 0.6) is 0 Å². The molecule has 0 saturated carbocycles. The number of nitrogens with zero attached hydrogens (tertiary/aromatic N) is 3. The zero-order valence-corrected chi connectivity index (χ0v) is 15.7. The average molecular weight is 385 g/mol. The normalized spacial score (nSPS) is 16.8. The molecule has 1 aliphatic heterocycles. The van der Waals surface area contributed by atoms with Crippen molar-refractivity contribution in [3.8, 4) is 0 Å². The Hall–Kier alpha value is -1.84. The van der Waals surface area contributed by atoms with Crippen LogP contribution in [0, 0.1) is 6.92 Å². The molecule has 1 saturated heterocycles. The van der Waals surface area contributed by atoms with Crippen molar-refractivity contribution in [1.29, 1.82) is 0 Å². The first-order chi connectivity index (χ1) is 11.8. The molecule has 3 rings (SSSR count). The number of anilines is 3. The number of sulfonamides is 1. The zero-order valence-electron chi connectivity index (χ0n) is 14.1. The number of hydrogen-bond acceptors (Lipinski definition) is 6. The SMILES string of the molecule is Cc1cc(Cl)cc(Nc2nc(NC3CCN(S(C)(=O)=O)CC3)n[nH]2)c1. The molecule has 1 aliphatic rings. The van der Waals surface area contributed by atoms with E-state index in [1.54, 1.807) is 0 Å². The molecule has 136 valence electrons. The van der Waals surface area contributed by atoms with Crippen molar-refractivity contribution in [2.24, 2.45) is 0 Å². The van der Waals surface area contributed by atoms with E-state index in [0.717, 1.165) is 24.1 Å². The molecule has 8 nitrogen and oxygen atoms in total. The molecule has 10 heteroatoms. The Morgan fingerprint density at radius 3 is 2.64 bits per heavy atom. The number of rotatable bonds is 5. The first-order valence-corrected chi connectivity index (χ1v) is 10.2. The monoisotopic (exact) mass is 384 g/mol. The lowest BCUT2D eigenvalue weighted by Crippen LogP contribution is -2.41. The summed E-state index contributed by atoms with van der Waals surface area (Å²) < 4.78 is 24.6. The lowest BCUT2D eigenvalue weighted by atomic mass is 10.1. The fraction of sp³-hybridized carbons (Fsp3) is 0.467. The number of H-pyrrole nitrogens is 1. The summed E-state index contributed by atoms with van der Waals surface area (Å²) in [5.41, 5.74) is 1.87. The molecule has 25 heavy (non-hydrogen) atoms. The largest absolute Gasteiger partial charge is 0.350 e. The predicted octanol–water partition coefficient (Wildman–Crippen LogP) is 2.35. The molecule has 0 bridgehead atoms. The molecule has 0 unspecified atom stereocenters. The van der Waals surface area contributed by atoms with Crippen LogP contribution < -0.4 is 10.6 Å². The van der Waals surface area contributed by atoms with Crippen molar-refractivity contribution in [3.05, 3.63) is 28.8 Å². The number of aryl methyl sites for hydroxylation is 1. The maximum atomic E-state index is 11.5. The number of nitrogens with one attached hydrogen (secondary N) is 3. The van der Waals surface area contributed by atoms with Crippen LogP contribution in [-0.4, -0.2) is 53.3 Å². The Morgan fingerprint density at radius 2 is 2.00 bits per heavy atom. The lowest BCUT2D eigenvalue weighted by molar-refractivity contribution is 0.331. The number of aromatic amines is 1. The quantitative estimate of drug-likeness (QED) is 0.731. The van der Waals surface area contributed by atoms with Gasteiger partial charge in [-0.2, -0.15) is 4.98 Å². The van der Waals surface area contributed by atoms with Crippen molar-refractivity contribution >= 4 is 39.2 Å². The van der Waals surface area contributed by atoms with Gasteiger partial charge in [-0.3, -0.25) is 0 Å². The smallest absolute Gasteiger partial charge is 0.243 e. The number of benzene rings is 1. The zero-order chi connectivity index (χ0) is 18.0. The van der Waals surface area contributed by atoms with Crippen molar-refractivity contribution in [2.45, 2.75) is 25.8 Å². The molecule has 0 radical (unpaired) electrons. The molecule has 0 aliphatic carbocycles. The Labute approximate surface area is 152 Å². The van der Waals surface area contributed by atoms with Crippen LogP contribution >= 0.6 is 11.6 Å². The standard InChI is InChI=1S/C15H21ClN6O2S/c1-10-7-11(16)9-13(8-10)18-15-19-14(20-21-15)17-12-3-5-22(6-4-12)25(2,23)24/h7-9,12H,3-6H2,1-2H3,(H3,17,18,19,20,21). The molecule has 0 atom stereocenters. The van der Waals surface area contributed by atoms with E-state index in [1.807, 2.05) is 25.1 Å². The Morgan fingerprint density at radius 1 is 1.28 bits per heavy atom. The maximum Gasteiger partial charge on any atom is 0.243 e. The van der Waals surface area contributed by atoms with E-state index in [4.69, 9.17) is 11.6 Å². The minimum atomic E-state index is -3.11. The molecule has 1 aromatic heterocycles. The highest BCUT2D eigenvalue weighted by molar-refractivity contribution is 7.88. The fourth-order valence-corrected chi connectivity index (χ4v) is 4.01. The summed E-state index contributed by atoms with van der Waals surface area (Å²) in [5.74, 6) is 0.997. The Bertz CT molecular complexity index is 825. The van der Waals surface area contributed by atoms with Crippen LogP contribution in [0.25, 0.3) is 0 Å². The van der Waals surface area contributed by atoms with Crippen LogP contribution in [0.3, 0.4) is 0 Å². The van der Waals surface area contributed by atoms with Gasteiger partial charge in [-0.15, -0.1) is 5.10 Å². The van der Waals surface area contributed by atoms with E-state index < -0.39 is 10.0 Å². The number of piperidine rings is 1. The van der Waals surface area contributed by atoms with Gasteiger partial charge in [-0.1, -0.05) is 11.6 Å². The molecule has 2 aromatic rings. The van der Waals surface area contributed by atoms with Crippen LogP contribution in [0.2, 0.25) is 5.02 Å². The van der Waals surface area contributed by atoms with Gasteiger partial charge in [0.1, 0.15) is 0 Å². The van der Waals surface area contributed by atoms with Crippen LogP contribution in [0.15, 0.2) is 18.2 Å². The highest BCUT2D eigenvalue weighted by Gasteiger charge is 2.25. The van der Waals surface area contributed by atoms with E-state index >= 15 is 0 Å². The van der Waals surface area contributed by atoms with Gasteiger partial charge in [0.05, 0.1) is 6.26 Å². The third-order valence-electron chi connectivity index (χ3n) is 4.05. The summed E-state index contributed by atoms with van der Waals surface area (Å²) in [4.78, 5) is 4.36. The molecule has 3 N–H and O–H groups in total. The van der Waals surface area contributed by atoms with Gasteiger partial charge < -0.3 is 10.6 Å². The minimum absolute atomic E-state index is 0.148. The summed E-state index contributed by atoms with van der Waals surface area (Å²) in [6.45, 7) is 2.98. The van der Waals surface area contributed by atoms with E-state index in [9.17, 15) is 8.42 Å². The number of halogens is 1. The summed E-state index contributed by atoms with van der Waals surface area (Å²) in [5, 5.41) is 14.0. The predicted molar refractivity (Wildman–Crippen MR) is 98.9 cm³/mol. The highest BCUT2D eigenvalue weighted by atomic mass is 35.5. The fourth-order valence-electron chi connectivity index (χ4n) is 2.84. The van der Waals surface area contributed by atoms with E-state index in [1.165, 1.54) is 10.6 Å². The van der Waals surface area contributed by atoms with E-state index in [0.29, 0.717) is 30.0 Å². The van der Waals surface area contributed by atoms with E-state index in [2.05, 4.69) is 25.8 Å². The molecular weight excluding hydrogens is 364 g/mol.